The molecule has 172 valence electrons. The zero-order valence-corrected chi connectivity index (χ0v) is 19.7. The molecule has 1 amide bonds. The molecule has 1 aromatic heterocycles. The van der Waals surface area contributed by atoms with Crippen molar-refractivity contribution in [2.45, 2.75) is 12.6 Å². The van der Waals surface area contributed by atoms with Crippen LogP contribution in [-0.4, -0.2) is 46.9 Å². The monoisotopic (exact) mass is 469 g/mol. The smallest absolute Gasteiger partial charge is 0.254 e. The van der Waals surface area contributed by atoms with E-state index >= 15 is 0 Å². The summed E-state index contributed by atoms with van der Waals surface area (Å²) in [6, 6.07) is 28.9. The van der Waals surface area contributed by atoms with E-state index in [4.69, 9.17) is 4.74 Å². The highest BCUT2D eigenvalue weighted by Crippen LogP contribution is 2.29. The standard InChI is InChI=1S/C28H27N3O2S/c32-28(24-12-7-13-26(18-24)33-19-25-20-34-21-29-25)31-16-14-30(15-17-31)27(22-8-3-1-4-9-22)23-10-5-2-6-11-23/h1-13,18,20-21,27H,14-17,19H2. The number of amides is 1. The van der Waals surface area contributed by atoms with Gasteiger partial charge in [-0.2, -0.15) is 0 Å². The van der Waals surface area contributed by atoms with Crippen molar-refractivity contribution in [1.82, 2.24) is 14.8 Å². The van der Waals surface area contributed by atoms with E-state index in [1.807, 2.05) is 34.5 Å². The number of nitrogens with zero attached hydrogens (tertiary/aromatic N) is 3. The predicted molar refractivity (Wildman–Crippen MR) is 135 cm³/mol. The molecule has 1 aliphatic rings. The van der Waals surface area contributed by atoms with Gasteiger partial charge in [0.25, 0.3) is 5.91 Å². The molecular weight excluding hydrogens is 442 g/mol. The lowest BCUT2D eigenvalue weighted by atomic mass is 9.96. The lowest BCUT2D eigenvalue weighted by Gasteiger charge is -2.39. The van der Waals surface area contributed by atoms with Crippen LogP contribution in [-0.2, 0) is 6.61 Å². The second kappa shape index (κ2) is 10.6. The largest absolute Gasteiger partial charge is 0.487 e. The van der Waals surface area contributed by atoms with Crippen molar-refractivity contribution in [3.05, 3.63) is 118 Å². The number of thiazole rings is 1. The van der Waals surface area contributed by atoms with Crippen molar-refractivity contribution < 1.29 is 9.53 Å². The lowest BCUT2D eigenvalue weighted by Crippen LogP contribution is -2.49. The lowest BCUT2D eigenvalue weighted by molar-refractivity contribution is 0.0597. The van der Waals surface area contributed by atoms with E-state index in [2.05, 4.69) is 70.5 Å². The molecule has 5 nitrogen and oxygen atoms in total. The second-order valence-electron chi connectivity index (χ2n) is 8.35. The van der Waals surface area contributed by atoms with E-state index in [0.717, 1.165) is 18.8 Å². The molecule has 1 fully saturated rings. The molecule has 0 radical (unpaired) electrons. The summed E-state index contributed by atoms with van der Waals surface area (Å²) in [5.74, 6) is 0.737. The SMILES string of the molecule is O=C(c1cccc(OCc2cscn2)c1)N1CCN(C(c2ccccc2)c2ccccc2)CC1. The van der Waals surface area contributed by atoms with Crippen LogP contribution in [0.1, 0.15) is 33.2 Å². The topological polar surface area (TPSA) is 45.7 Å². The number of benzene rings is 3. The maximum absolute atomic E-state index is 13.2. The van der Waals surface area contributed by atoms with Crippen molar-refractivity contribution in [3.63, 3.8) is 0 Å². The van der Waals surface area contributed by atoms with E-state index < -0.39 is 0 Å². The highest BCUT2D eigenvalue weighted by Gasteiger charge is 2.28. The third-order valence-electron chi connectivity index (χ3n) is 6.15. The van der Waals surface area contributed by atoms with Gasteiger partial charge in [0.1, 0.15) is 12.4 Å². The van der Waals surface area contributed by atoms with Crippen LogP contribution in [0.2, 0.25) is 0 Å². The van der Waals surface area contributed by atoms with E-state index in [1.54, 1.807) is 16.8 Å². The van der Waals surface area contributed by atoms with E-state index in [1.165, 1.54) is 11.1 Å². The molecule has 0 saturated carbocycles. The van der Waals surface area contributed by atoms with Crippen LogP contribution in [0.25, 0.3) is 0 Å². The summed E-state index contributed by atoms with van der Waals surface area (Å²) in [4.78, 5) is 21.9. The number of ether oxygens (including phenoxy) is 1. The fourth-order valence-electron chi connectivity index (χ4n) is 4.44. The fourth-order valence-corrected chi connectivity index (χ4v) is 4.98. The first kappa shape index (κ1) is 22.3. The molecule has 0 spiro atoms. The maximum Gasteiger partial charge on any atom is 0.254 e. The molecule has 3 aromatic carbocycles. The van der Waals surface area contributed by atoms with Crippen LogP contribution in [0.3, 0.4) is 0 Å². The van der Waals surface area contributed by atoms with Crippen molar-refractivity contribution in [2.75, 3.05) is 26.2 Å². The molecule has 4 aromatic rings. The fraction of sp³-hybridized carbons (Fsp3) is 0.214. The number of carbonyl (C=O) groups is 1. The number of rotatable bonds is 7. The molecule has 2 heterocycles. The number of carbonyl (C=O) groups excluding carboxylic acids is 1. The molecular formula is C28H27N3O2S. The summed E-state index contributed by atoms with van der Waals surface area (Å²) in [5, 5.41) is 1.96. The van der Waals surface area contributed by atoms with Crippen molar-refractivity contribution in [3.8, 4) is 5.75 Å². The minimum atomic E-state index is 0.0507. The summed E-state index contributed by atoms with van der Waals surface area (Å²) in [7, 11) is 0. The van der Waals surface area contributed by atoms with Gasteiger partial charge in [-0.05, 0) is 29.3 Å². The minimum Gasteiger partial charge on any atom is -0.487 e. The van der Waals surface area contributed by atoms with Gasteiger partial charge in [0.2, 0.25) is 0 Å². The number of hydrogen-bond donors (Lipinski definition) is 0. The van der Waals surface area contributed by atoms with E-state index in [0.29, 0.717) is 31.0 Å². The van der Waals surface area contributed by atoms with Crippen LogP contribution < -0.4 is 4.74 Å². The van der Waals surface area contributed by atoms with E-state index in [9.17, 15) is 4.79 Å². The van der Waals surface area contributed by atoms with E-state index in [-0.39, 0.29) is 11.9 Å². The Hall–Kier alpha value is -3.48. The third-order valence-corrected chi connectivity index (χ3v) is 6.78. The summed E-state index contributed by atoms with van der Waals surface area (Å²) >= 11 is 1.54. The van der Waals surface area contributed by atoms with Gasteiger partial charge in [-0.15, -0.1) is 11.3 Å². The highest BCUT2D eigenvalue weighted by molar-refractivity contribution is 7.07. The minimum absolute atomic E-state index is 0.0507. The Balaban J connectivity index is 1.25. The van der Waals surface area contributed by atoms with Gasteiger partial charge in [0.15, 0.2) is 0 Å². The summed E-state index contributed by atoms with van der Waals surface area (Å²) in [5.41, 5.74) is 5.89. The molecule has 0 atom stereocenters. The van der Waals surface area contributed by atoms with Gasteiger partial charge in [0, 0.05) is 37.1 Å². The van der Waals surface area contributed by atoms with Gasteiger partial charge in [0.05, 0.1) is 17.2 Å². The number of piperazine rings is 1. The van der Waals surface area contributed by atoms with Crippen molar-refractivity contribution >= 4 is 17.2 Å². The zero-order chi connectivity index (χ0) is 23.2. The van der Waals surface area contributed by atoms with Gasteiger partial charge < -0.3 is 9.64 Å². The molecule has 34 heavy (non-hydrogen) atoms. The average Bonchev–Trinajstić information content (AvgIpc) is 3.43. The average molecular weight is 470 g/mol. The Morgan fingerprint density at radius 3 is 2.18 bits per heavy atom. The Labute approximate surface area is 204 Å². The first-order valence-corrected chi connectivity index (χ1v) is 12.5. The van der Waals surface area contributed by atoms with Crippen LogP contribution in [0, 0.1) is 0 Å². The van der Waals surface area contributed by atoms with Crippen molar-refractivity contribution in [1.29, 1.82) is 0 Å². The molecule has 1 saturated heterocycles. The van der Waals surface area contributed by atoms with Crippen LogP contribution >= 0.6 is 11.3 Å². The van der Waals surface area contributed by atoms with Gasteiger partial charge in [-0.3, -0.25) is 9.69 Å². The zero-order valence-electron chi connectivity index (χ0n) is 18.9. The first-order valence-electron chi connectivity index (χ1n) is 11.5. The first-order chi connectivity index (χ1) is 16.8. The molecule has 0 unspecified atom stereocenters. The maximum atomic E-state index is 13.2. The van der Waals surface area contributed by atoms with Crippen LogP contribution in [0.5, 0.6) is 5.75 Å². The van der Waals surface area contributed by atoms with Crippen LogP contribution in [0.4, 0.5) is 0 Å². The highest BCUT2D eigenvalue weighted by atomic mass is 32.1. The third kappa shape index (κ3) is 5.19. The normalized spacial score (nSPS) is 14.3. The van der Waals surface area contributed by atoms with Gasteiger partial charge in [-0.25, -0.2) is 4.98 Å². The second-order valence-corrected chi connectivity index (χ2v) is 9.07. The van der Waals surface area contributed by atoms with Gasteiger partial charge >= 0.3 is 0 Å². The Morgan fingerprint density at radius 2 is 1.56 bits per heavy atom. The predicted octanol–water partition coefficient (Wildman–Crippen LogP) is 5.27. The summed E-state index contributed by atoms with van der Waals surface area (Å²) in [6.45, 7) is 3.43. The molecule has 1 aliphatic heterocycles. The Kier molecular flexibility index (Phi) is 6.98. The Morgan fingerprint density at radius 1 is 0.882 bits per heavy atom. The number of aromatic nitrogens is 1. The molecule has 6 heteroatoms. The quantitative estimate of drug-likeness (QED) is 0.370. The molecule has 0 bridgehead atoms. The molecule has 0 aliphatic carbocycles. The van der Waals surface area contributed by atoms with Crippen LogP contribution in [0.15, 0.2) is 95.8 Å². The van der Waals surface area contributed by atoms with Crippen molar-refractivity contribution in [2.24, 2.45) is 0 Å². The molecule has 5 rings (SSSR count). The summed E-state index contributed by atoms with van der Waals surface area (Å²) in [6.07, 6.45) is 0. The number of hydrogen-bond acceptors (Lipinski definition) is 5. The van der Waals surface area contributed by atoms with Gasteiger partial charge in [-0.1, -0.05) is 66.7 Å². The molecule has 0 N–H and O–H groups in total. The Bertz CT molecular complexity index is 1150. The summed E-state index contributed by atoms with van der Waals surface area (Å²) < 4.78 is 5.84.